The van der Waals surface area contributed by atoms with Crippen LogP contribution in [0.2, 0.25) is 0 Å². The van der Waals surface area contributed by atoms with Crippen LogP contribution in [-0.4, -0.2) is 22.8 Å². The number of unbranched alkanes of at least 4 members (excludes halogenated alkanes) is 1. The number of hydrogen-bond donors (Lipinski definition) is 1. The van der Waals surface area contributed by atoms with Crippen LogP contribution in [-0.2, 0) is 9.53 Å². The highest BCUT2D eigenvalue weighted by Gasteiger charge is 2.59. The fourth-order valence-corrected chi connectivity index (χ4v) is 1.31. The van der Waals surface area contributed by atoms with E-state index < -0.39 is 11.6 Å². The summed E-state index contributed by atoms with van der Waals surface area (Å²) in [6, 6.07) is 0. The summed E-state index contributed by atoms with van der Waals surface area (Å²) in [7, 11) is 0. The van der Waals surface area contributed by atoms with Crippen molar-refractivity contribution in [3.63, 3.8) is 0 Å². The molecule has 1 rings (SSSR count). The van der Waals surface area contributed by atoms with Gasteiger partial charge in [-0.05, 0) is 13.3 Å². The molecule has 0 aromatic rings. The summed E-state index contributed by atoms with van der Waals surface area (Å²) >= 11 is 0. The molecule has 1 fully saturated rings. The van der Waals surface area contributed by atoms with E-state index in [1.54, 1.807) is 0 Å². The summed E-state index contributed by atoms with van der Waals surface area (Å²) in [6.07, 6.45) is 2.51. The third-order valence-electron chi connectivity index (χ3n) is 2.25. The molecule has 1 heterocycles. The van der Waals surface area contributed by atoms with Crippen LogP contribution in [0.5, 0.6) is 0 Å². The number of hydrogen-bond acceptors (Lipinski definition) is 2. The van der Waals surface area contributed by atoms with Gasteiger partial charge in [0.05, 0.1) is 6.10 Å². The lowest BCUT2D eigenvalue weighted by atomic mass is 9.99. The number of carboxylic acid groups (broad SMARTS) is 1. The van der Waals surface area contributed by atoms with Gasteiger partial charge in [-0.25, -0.2) is 4.79 Å². The van der Waals surface area contributed by atoms with Gasteiger partial charge < -0.3 is 9.84 Å². The summed E-state index contributed by atoms with van der Waals surface area (Å²) in [5.74, 6) is -0.807. The molecule has 0 spiro atoms. The van der Waals surface area contributed by atoms with Crippen molar-refractivity contribution in [3.05, 3.63) is 0 Å². The molecule has 0 amide bonds. The molecule has 64 valence electrons. The molecular formula is C8H14O3. The maximum Gasteiger partial charge on any atom is 0.338 e. The number of carbonyl (C=O) groups is 1. The highest BCUT2D eigenvalue weighted by Crippen LogP contribution is 2.40. The number of aliphatic carboxylic acids is 1. The summed E-state index contributed by atoms with van der Waals surface area (Å²) in [6.45, 7) is 3.85. The largest absolute Gasteiger partial charge is 0.479 e. The van der Waals surface area contributed by atoms with Gasteiger partial charge in [-0.1, -0.05) is 19.8 Å². The van der Waals surface area contributed by atoms with Crippen molar-refractivity contribution >= 4 is 5.97 Å². The summed E-state index contributed by atoms with van der Waals surface area (Å²) in [4.78, 5) is 10.7. The summed E-state index contributed by atoms with van der Waals surface area (Å²) in [5.41, 5.74) is -0.823. The number of ether oxygens (including phenoxy) is 1. The van der Waals surface area contributed by atoms with E-state index >= 15 is 0 Å². The molecular weight excluding hydrogens is 144 g/mol. The van der Waals surface area contributed by atoms with E-state index in [1.807, 2.05) is 13.8 Å². The monoisotopic (exact) mass is 158 g/mol. The molecule has 1 aliphatic rings. The van der Waals surface area contributed by atoms with Crippen LogP contribution in [0.25, 0.3) is 0 Å². The standard InChI is InChI=1S/C8H14O3/c1-3-4-5-8(7(9)10)6(2)11-8/h6H,3-5H2,1-2H3,(H,9,10)/t6?,8-/m1/s1. The van der Waals surface area contributed by atoms with E-state index in [4.69, 9.17) is 9.84 Å². The fraction of sp³-hybridized carbons (Fsp3) is 0.875. The van der Waals surface area contributed by atoms with Gasteiger partial charge >= 0.3 is 5.97 Å². The van der Waals surface area contributed by atoms with Crippen LogP contribution in [0.15, 0.2) is 0 Å². The number of carboxylic acids is 1. The van der Waals surface area contributed by atoms with Crippen molar-refractivity contribution < 1.29 is 14.6 Å². The first kappa shape index (κ1) is 8.53. The van der Waals surface area contributed by atoms with Crippen LogP contribution in [0.4, 0.5) is 0 Å². The predicted octanol–water partition coefficient (Wildman–Crippen LogP) is 1.42. The molecule has 0 aromatic carbocycles. The second-order valence-electron chi connectivity index (χ2n) is 3.06. The van der Waals surface area contributed by atoms with E-state index in [0.717, 1.165) is 12.8 Å². The molecule has 1 unspecified atom stereocenters. The van der Waals surface area contributed by atoms with E-state index in [2.05, 4.69) is 0 Å². The zero-order valence-corrected chi connectivity index (χ0v) is 6.96. The minimum Gasteiger partial charge on any atom is -0.479 e. The Kier molecular flexibility index (Phi) is 2.18. The summed E-state index contributed by atoms with van der Waals surface area (Å²) < 4.78 is 5.07. The van der Waals surface area contributed by atoms with Gasteiger partial charge in [0.25, 0.3) is 0 Å². The van der Waals surface area contributed by atoms with Gasteiger partial charge in [0.1, 0.15) is 0 Å². The van der Waals surface area contributed by atoms with Crippen molar-refractivity contribution in [2.75, 3.05) is 0 Å². The highest BCUT2D eigenvalue weighted by molar-refractivity contribution is 5.81. The molecule has 0 aliphatic carbocycles. The quantitative estimate of drug-likeness (QED) is 0.629. The molecule has 3 heteroatoms. The Labute approximate surface area is 66.4 Å². The Bertz CT molecular complexity index is 167. The Hall–Kier alpha value is -0.570. The SMILES string of the molecule is CCCC[C@@]1(C(=O)O)OC1C. The molecule has 0 aromatic heterocycles. The Balaban J connectivity index is 2.44. The smallest absolute Gasteiger partial charge is 0.338 e. The minimum atomic E-state index is -0.823. The molecule has 0 saturated carbocycles. The van der Waals surface area contributed by atoms with E-state index in [0.29, 0.717) is 6.42 Å². The average molecular weight is 158 g/mol. The first-order valence-corrected chi connectivity index (χ1v) is 4.04. The molecule has 11 heavy (non-hydrogen) atoms. The van der Waals surface area contributed by atoms with Crippen LogP contribution < -0.4 is 0 Å². The third-order valence-corrected chi connectivity index (χ3v) is 2.25. The summed E-state index contributed by atoms with van der Waals surface area (Å²) in [5, 5.41) is 8.78. The number of epoxide rings is 1. The van der Waals surface area contributed by atoms with E-state index in [1.165, 1.54) is 0 Å². The van der Waals surface area contributed by atoms with Crippen molar-refractivity contribution in [3.8, 4) is 0 Å². The van der Waals surface area contributed by atoms with E-state index in [-0.39, 0.29) is 6.10 Å². The lowest BCUT2D eigenvalue weighted by Crippen LogP contribution is -2.26. The van der Waals surface area contributed by atoms with Crippen molar-refractivity contribution in [2.45, 2.75) is 44.8 Å². The van der Waals surface area contributed by atoms with Gasteiger partial charge in [-0.15, -0.1) is 0 Å². The first-order chi connectivity index (χ1) is 5.13. The van der Waals surface area contributed by atoms with Crippen molar-refractivity contribution in [2.24, 2.45) is 0 Å². The van der Waals surface area contributed by atoms with Crippen LogP contribution in [0.1, 0.15) is 33.1 Å². The zero-order valence-electron chi connectivity index (χ0n) is 6.96. The van der Waals surface area contributed by atoms with Gasteiger partial charge in [0, 0.05) is 0 Å². The van der Waals surface area contributed by atoms with Crippen LogP contribution in [0, 0.1) is 0 Å². The second-order valence-corrected chi connectivity index (χ2v) is 3.06. The molecule has 1 N–H and O–H groups in total. The van der Waals surface area contributed by atoms with Crippen LogP contribution >= 0.6 is 0 Å². The molecule has 1 saturated heterocycles. The van der Waals surface area contributed by atoms with Crippen molar-refractivity contribution in [1.29, 1.82) is 0 Å². The lowest BCUT2D eigenvalue weighted by Gasteiger charge is -2.04. The average Bonchev–Trinajstić information content (AvgIpc) is 2.59. The fourth-order valence-electron chi connectivity index (χ4n) is 1.31. The van der Waals surface area contributed by atoms with Gasteiger partial charge in [-0.3, -0.25) is 0 Å². The number of rotatable bonds is 4. The molecule has 0 radical (unpaired) electrons. The Morgan fingerprint density at radius 1 is 1.73 bits per heavy atom. The van der Waals surface area contributed by atoms with Gasteiger partial charge in [0.2, 0.25) is 0 Å². The maximum atomic E-state index is 10.7. The molecule has 3 nitrogen and oxygen atoms in total. The zero-order chi connectivity index (χ0) is 8.48. The molecule has 0 bridgehead atoms. The van der Waals surface area contributed by atoms with Gasteiger partial charge in [0.15, 0.2) is 5.60 Å². The first-order valence-electron chi connectivity index (χ1n) is 4.04. The normalized spacial score (nSPS) is 35.3. The lowest BCUT2D eigenvalue weighted by molar-refractivity contribution is -0.143. The van der Waals surface area contributed by atoms with Gasteiger partial charge in [-0.2, -0.15) is 0 Å². The van der Waals surface area contributed by atoms with Crippen LogP contribution in [0.3, 0.4) is 0 Å². The second kappa shape index (κ2) is 2.81. The molecule has 2 atom stereocenters. The Morgan fingerprint density at radius 2 is 2.27 bits per heavy atom. The minimum absolute atomic E-state index is 0.0912. The third kappa shape index (κ3) is 1.38. The molecule has 1 aliphatic heterocycles. The topological polar surface area (TPSA) is 49.8 Å². The highest BCUT2D eigenvalue weighted by atomic mass is 16.6. The van der Waals surface area contributed by atoms with Crippen molar-refractivity contribution in [1.82, 2.24) is 0 Å². The van der Waals surface area contributed by atoms with E-state index in [9.17, 15) is 4.79 Å². The maximum absolute atomic E-state index is 10.7. The predicted molar refractivity (Wildman–Crippen MR) is 40.4 cm³/mol. The Morgan fingerprint density at radius 3 is 2.55 bits per heavy atom.